The van der Waals surface area contributed by atoms with Gasteiger partial charge in [-0.05, 0) is 12.0 Å². The van der Waals surface area contributed by atoms with Crippen LogP contribution in [-0.4, -0.2) is 40.2 Å². The van der Waals surface area contributed by atoms with Gasteiger partial charge >= 0.3 is 0 Å². The number of hydrogen-bond donors (Lipinski definition) is 4. The van der Waals surface area contributed by atoms with Crippen molar-refractivity contribution in [2.75, 3.05) is 13.2 Å². The highest BCUT2D eigenvalue weighted by atomic mass is 16.3. The first kappa shape index (κ1) is 11.4. The Hall–Kier alpha value is -0.680. The molecule has 5 N–H and O–H groups in total. The van der Waals surface area contributed by atoms with Crippen LogP contribution in [0.15, 0.2) is 23.8 Å². The van der Waals surface area contributed by atoms with Crippen LogP contribution in [0, 0.1) is 0 Å². The molecule has 2 unspecified atom stereocenters. The fourth-order valence-corrected chi connectivity index (χ4v) is 1.52. The van der Waals surface area contributed by atoms with E-state index in [0.717, 1.165) is 5.57 Å². The van der Waals surface area contributed by atoms with Crippen LogP contribution in [0.2, 0.25) is 0 Å². The molecule has 0 saturated heterocycles. The summed E-state index contributed by atoms with van der Waals surface area (Å²) in [5.74, 6) is 0. The molecule has 0 bridgehead atoms. The van der Waals surface area contributed by atoms with Crippen LogP contribution in [0.5, 0.6) is 0 Å². The smallest absolute Gasteiger partial charge is 0.104 e. The summed E-state index contributed by atoms with van der Waals surface area (Å²) < 4.78 is 0. The van der Waals surface area contributed by atoms with Gasteiger partial charge in [0.1, 0.15) is 5.60 Å². The van der Waals surface area contributed by atoms with E-state index in [0.29, 0.717) is 6.42 Å². The lowest BCUT2D eigenvalue weighted by Crippen LogP contribution is -2.47. The van der Waals surface area contributed by atoms with Crippen LogP contribution in [-0.2, 0) is 0 Å². The Morgan fingerprint density at radius 2 is 2.07 bits per heavy atom. The van der Waals surface area contributed by atoms with Gasteiger partial charge in [-0.25, -0.2) is 0 Å². The summed E-state index contributed by atoms with van der Waals surface area (Å²) in [6, 6.07) is -0.513. The molecule has 1 aliphatic carbocycles. The largest absolute Gasteiger partial charge is 0.396 e. The molecular weight excluding hydrogens is 182 g/mol. The van der Waals surface area contributed by atoms with Crippen molar-refractivity contribution in [3.8, 4) is 0 Å². The van der Waals surface area contributed by atoms with Crippen molar-refractivity contribution in [3.63, 3.8) is 0 Å². The summed E-state index contributed by atoms with van der Waals surface area (Å²) in [7, 11) is 0. The van der Waals surface area contributed by atoms with Crippen molar-refractivity contribution in [1.29, 1.82) is 0 Å². The minimum atomic E-state index is -1.15. The van der Waals surface area contributed by atoms with Gasteiger partial charge in [0.15, 0.2) is 0 Å². The number of allylic oxidation sites excluding steroid dienone is 1. The molecule has 1 rings (SSSR count). The van der Waals surface area contributed by atoms with E-state index < -0.39 is 11.6 Å². The third-order valence-electron chi connectivity index (χ3n) is 2.47. The van der Waals surface area contributed by atoms with Crippen molar-refractivity contribution in [2.24, 2.45) is 5.73 Å². The van der Waals surface area contributed by atoms with Crippen LogP contribution >= 0.6 is 0 Å². The molecule has 0 heterocycles. The van der Waals surface area contributed by atoms with Crippen LogP contribution in [0.1, 0.15) is 12.8 Å². The monoisotopic (exact) mass is 199 g/mol. The van der Waals surface area contributed by atoms with Gasteiger partial charge in [0.25, 0.3) is 0 Å². The Balaban J connectivity index is 2.69. The molecule has 0 aromatic rings. The minimum Gasteiger partial charge on any atom is -0.396 e. The predicted molar refractivity (Wildman–Crippen MR) is 53.6 cm³/mol. The molecule has 2 atom stereocenters. The highest BCUT2D eigenvalue weighted by Gasteiger charge is 2.31. The third kappa shape index (κ3) is 2.42. The van der Waals surface area contributed by atoms with E-state index >= 15 is 0 Å². The molecule has 0 aliphatic heterocycles. The van der Waals surface area contributed by atoms with Gasteiger partial charge in [-0.3, -0.25) is 0 Å². The van der Waals surface area contributed by atoms with Crippen LogP contribution < -0.4 is 5.73 Å². The quantitative estimate of drug-likeness (QED) is 0.482. The molecule has 14 heavy (non-hydrogen) atoms. The molecule has 0 aromatic carbocycles. The van der Waals surface area contributed by atoms with E-state index in [4.69, 9.17) is 15.9 Å². The Labute approximate surface area is 83.4 Å². The second kappa shape index (κ2) is 4.70. The molecule has 0 spiro atoms. The number of rotatable bonds is 4. The number of nitrogens with two attached hydrogens (primary N) is 1. The fourth-order valence-electron chi connectivity index (χ4n) is 1.52. The highest BCUT2D eigenvalue weighted by Crippen LogP contribution is 2.24. The van der Waals surface area contributed by atoms with Crippen LogP contribution in [0.25, 0.3) is 0 Å². The summed E-state index contributed by atoms with van der Waals surface area (Å²) in [4.78, 5) is 0. The Bertz CT molecular complexity index is 250. The van der Waals surface area contributed by atoms with Gasteiger partial charge < -0.3 is 21.1 Å². The van der Waals surface area contributed by atoms with E-state index in [1.165, 1.54) is 0 Å². The first-order valence-electron chi connectivity index (χ1n) is 4.72. The Morgan fingerprint density at radius 1 is 1.36 bits per heavy atom. The minimum absolute atomic E-state index is 0.0708. The molecule has 0 radical (unpaired) electrons. The maximum absolute atomic E-state index is 9.95. The van der Waals surface area contributed by atoms with Gasteiger partial charge in [0.05, 0.1) is 6.04 Å². The van der Waals surface area contributed by atoms with Crippen molar-refractivity contribution < 1.29 is 15.3 Å². The number of aliphatic hydroxyl groups is 3. The van der Waals surface area contributed by atoms with Crippen LogP contribution in [0.4, 0.5) is 0 Å². The van der Waals surface area contributed by atoms with Gasteiger partial charge in [-0.1, -0.05) is 18.2 Å². The van der Waals surface area contributed by atoms with E-state index in [1.54, 1.807) is 18.2 Å². The molecule has 0 aromatic heterocycles. The number of aliphatic hydroxyl groups excluding tert-OH is 2. The highest BCUT2D eigenvalue weighted by molar-refractivity contribution is 5.32. The van der Waals surface area contributed by atoms with E-state index in [-0.39, 0.29) is 19.6 Å². The molecule has 1 aliphatic rings. The first-order valence-corrected chi connectivity index (χ1v) is 4.72. The van der Waals surface area contributed by atoms with Crippen LogP contribution in [0.3, 0.4) is 0 Å². The second-order valence-corrected chi connectivity index (χ2v) is 3.54. The summed E-state index contributed by atoms with van der Waals surface area (Å²) in [5.41, 5.74) is 5.52. The molecule has 4 heteroatoms. The van der Waals surface area contributed by atoms with E-state index in [9.17, 15) is 5.11 Å². The molecule has 80 valence electrons. The summed E-state index contributed by atoms with van der Waals surface area (Å²) in [5, 5.41) is 27.4. The molecule has 0 saturated carbocycles. The van der Waals surface area contributed by atoms with Gasteiger partial charge in [0.2, 0.25) is 0 Å². The van der Waals surface area contributed by atoms with Crippen molar-refractivity contribution in [1.82, 2.24) is 0 Å². The molecule has 0 fully saturated rings. The lowest BCUT2D eigenvalue weighted by molar-refractivity contribution is 0.0479. The van der Waals surface area contributed by atoms with Crippen molar-refractivity contribution >= 4 is 0 Å². The Kier molecular flexibility index (Phi) is 3.83. The number of hydrogen-bond acceptors (Lipinski definition) is 4. The van der Waals surface area contributed by atoms with E-state index in [2.05, 4.69) is 0 Å². The topological polar surface area (TPSA) is 86.7 Å². The average molecular weight is 199 g/mol. The van der Waals surface area contributed by atoms with Gasteiger partial charge in [0, 0.05) is 19.6 Å². The normalized spacial score (nSPS) is 31.7. The second-order valence-electron chi connectivity index (χ2n) is 3.54. The lowest BCUT2D eigenvalue weighted by Gasteiger charge is -2.32. The van der Waals surface area contributed by atoms with Crippen molar-refractivity contribution in [3.05, 3.63) is 23.8 Å². The third-order valence-corrected chi connectivity index (χ3v) is 2.47. The Morgan fingerprint density at radius 3 is 2.57 bits per heavy atom. The molecule has 4 nitrogen and oxygen atoms in total. The maximum Gasteiger partial charge on any atom is 0.104 e. The summed E-state index contributed by atoms with van der Waals surface area (Å²) in [6.07, 6.45) is 5.84. The summed E-state index contributed by atoms with van der Waals surface area (Å²) >= 11 is 0. The molecule has 0 amide bonds. The lowest BCUT2D eigenvalue weighted by atomic mass is 9.85. The standard InChI is InChI=1S/C10H17NO3/c11-9-7-8(2-5-12)1-3-10(9,14)4-6-13/h1,3,7,9,12-14H,2,4-6,11H2. The average Bonchev–Trinajstić information content (AvgIpc) is 2.13. The zero-order valence-corrected chi connectivity index (χ0v) is 8.06. The summed E-state index contributed by atoms with van der Waals surface area (Å²) in [6.45, 7) is -0.0287. The predicted octanol–water partition coefficient (Wildman–Crippen LogP) is -0.694. The van der Waals surface area contributed by atoms with E-state index in [1.807, 2.05) is 0 Å². The molecular formula is C10H17NO3. The maximum atomic E-state index is 9.95. The SMILES string of the molecule is NC1C=C(CCO)C=CC1(O)CCO. The zero-order valence-electron chi connectivity index (χ0n) is 8.06. The fraction of sp³-hybridized carbons (Fsp3) is 0.600. The van der Waals surface area contributed by atoms with Crippen molar-refractivity contribution in [2.45, 2.75) is 24.5 Å². The van der Waals surface area contributed by atoms with Gasteiger partial charge in [-0.2, -0.15) is 0 Å². The first-order chi connectivity index (χ1) is 6.62. The van der Waals surface area contributed by atoms with Gasteiger partial charge in [-0.15, -0.1) is 0 Å². The zero-order chi connectivity index (χ0) is 10.6.